The third-order valence-corrected chi connectivity index (χ3v) is 4.54. The van der Waals surface area contributed by atoms with E-state index in [1.807, 2.05) is 6.20 Å². The maximum atomic E-state index is 5.39. The molecule has 7 heteroatoms. The van der Waals surface area contributed by atoms with Crippen LogP contribution < -0.4 is 10.6 Å². The first-order valence-corrected chi connectivity index (χ1v) is 8.81. The molecule has 2 heterocycles. The molecule has 0 saturated carbocycles. The van der Waals surface area contributed by atoms with Gasteiger partial charge in [0.1, 0.15) is 5.76 Å². The molecule has 2 aromatic heterocycles. The van der Waals surface area contributed by atoms with Crippen molar-refractivity contribution in [3.05, 3.63) is 33.1 Å². The van der Waals surface area contributed by atoms with Crippen molar-refractivity contribution in [1.82, 2.24) is 20.8 Å². The van der Waals surface area contributed by atoms with Crippen LogP contribution in [0.1, 0.15) is 40.7 Å². The fourth-order valence-electron chi connectivity index (χ4n) is 2.34. The summed E-state index contributed by atoms with van der Waals surface area (Å²) in [5, 5.41) is 11.9. The van der Waals surface area contributed by atoms with E-state index in [0.717, 1.165) is 53.8 Å². The molecule has 0 aliphatic carbocycles. The van der Waals surface area contributed by atoms with Gasteiger partial charge in [-0.1, -0.05) is 19.0 Å². The SMILES string of the molecule is CCc1noc(CC)c1CNC(=NC)NCCc1ncc(C)s1. The van der Waals surface area contributed by atoms with E-state index >= 15 is 0 Å². The zero-order chi connectivity index (χ0) is 16.7. The second-order valence-corrected chi connectivity index (χ2v) is 6.52. The summed E-state index contributed by atoms with van der Waals surface area (Å²) in [4.78, 5) is 9.87. The summed E-state index contributed by atoms with van der Waals surface area (Å²) in [5.41, 5.74) is 2.16. The molecule has 0 aromatic carbocycles. The number of guanidine groups is 1. The Bertz CT molecular complexity index is 625. The Hall–Kier alpha value is -1.89. The molecule has 0 bridgehead atoms. The van der Waals surface area contributed by atoms with E-state index in [9.17, 15) is 0 Å². The standard InChI is InChI=1S/C16H25N5OS/c1-5-13-12(14(6-2)22-21-13)10-20-16(17-4)18-8-7-15-19-9-11(3)23-15/h9H,5-8,10H2,1-4H3,(H2,17,18,20). The molecule has 0 radical (unpaired) electrons. The lowest BCUT2D eigenvalue weighted by molar-refractivity contribution is 0.380. The summed E-state index contributed by atoms with van der Waals surface area (Å²) in [6, 6.07) is 0. The average molecular weight is 335 g/mol. The van der Waals surface area contributed by atoms with E-state index in [1.165, 1.54) is 4.88 Å². The monoisotopic (exact) mass is 335 g/mol. The average Bonchev–Trinajstić information content (AvgIpc) is 3.16. The van der Waals surface area contributed by atoms with Gasteiger partial charge in [0.05, 0.1) is 10.7 Å². The second kappa shape index (κ2) is 8.67. The maximum absolute atomic E-state index is 5.39. The van der Waals surface area contributed by atoms with Gasteiger partial charge < -0.3 is 15.2 Å². The van der Waals surface area contributed by atoms with Crippen molar-refractivity contribution in [2.24, 2.45) is 4.99 Å². The van der Waals surface area contributed by atoms with Gasteiger partial charge in [0.2, 0.25) is 0 Å². The molecule has 0 unspecified atom stereocenters. The Labute approximate surface area is 141 Å². The minimum Gasteiger partial charge on any atom is -0.361 e. The van der Waals surface area contributed by atoms with Gasteiger partial charge >= 0.3 is 0 Å². The predicted octanol–water partition coefficient (Wildman–Crippen LogP) is 2.47. The van der Waals surface area contributed by atoms with Gasteiger partial charge in [-0.2, -0.15) is 0 Å². The quantitative estimate of drug-likeness (QED) is 0.600. The molecule has 0 spiro atoms. The Kier molecular flexibility index (Phi) is 6.58. The van der Waals surface area contributed by atoms with Gasteiger partial charge in [-0.3, -0.25) is 4.99 Å². The van der Waals surface area contributed by atoms with Crippen molar-refractivity contribution in [3.8, 4) is 0 Å². The van der Waals surface area contributed by atoms with Gasteiger partial charge in [-0.05, 0) is 13.3 Å². The summed E-state index contributed by atoms with van der Waals surface area (Å²) >= 11 is 1.74. The summed E-state index contributed by atoms with van der Waals surface area (Å²) in [5.74, 6) is 1.73. The minimum absolute atomic E-state index is 0.673. The first-order valence-electron chi connectivity index (χ1n) is 8.00. The summed E-state index contributed by atoms with van der Waals surface area (Å²) in [6.07, 6.45) is 4.53. The highest BCUT2D eigenvalue weighted by molar-refractivity contribution is 7.11. The molecular formula is C16H25N5OS. The molecule has 0 saturated heterocycles. The van der Waals surface area contributed by atoms with Crippen molar-refractivity contribution in [2.45, 2.75) is 46.6 Å². The Balaban J connectivity index is 1.84. The Morgan fingerprint density at radius 1 is 1.30 bits per heavy atom. The molecule has 2 N–H and O–H groups in total. The van der Waals surface area contributed by atoms with Crippen molar-refractivity contribution in [2.75, 3.05) is 13.6 Å². The molecule has 0 aliphatic rings. The van der Waals surface area contributed by atoms with Gasteiger partial charge in [0.25, 0.3) is 0 Å². The van der Waals surface area contributed by atoms with Crippen LogP contribution in [0.3, 0.4) is 0 Å². The third kappa shape index (κ3) is 4.79. The molecule has 0 fully saturated rings. The topological polar surface area (TPSA) is 75.3 Å². The van der Waals surface area contributed by atoms with Crippen LogP contribution in [0, 0.1) is 6.92 Å². The molecule has 23 heavy (non-hydrogen) atoms. The summed E-state index contributed by atoms with van der Waals surface area (Å²) in [6.45, 7) is 7.71. The number of aryl methyl sites for hydroxylation is 3. The van der Waals surface area contributed by atoms with Crippen molar-refractivity contribution in [3.63, 3.8) is 0 Å². The van der Waals surface area contributed by atoms with E-state index in [1.54, 1.807) is 18.4 Å². The van der Waals surface area contributed by atoms with Gasteiger partial charge in [-0.25, -0.2) is 4.98 Å². The summed E-state index contributed by atoms with van der Waals surface area (Å²) < 4.78 is 5.39. The normalized spacial score (nSPS) is 11.7. The van der Waals surface area contributed by atoms with Crippen LogP contribution in [-0.2, 0) is 25.8 Å². The molecular weight excluding hydrogens is 310 g/mol. The number of rotatable bonds is 7. The van der Waals surface area contributed by atoms with Crippen LogP contribution in [-0.4, -0.2) is 29.7 Å². The van der Waals surface area contributed by atoms with Crippen LogP contribution in [0.2, 0.25) is 0 Å². The molecule has 0 amide bonds. The lowest BCUT2D eigenvalue weighted by Gasteiger charge is -2.11. The molecule has 0 atom stereocenters. The number of nitrogens with one attached hydrogen (secondary N) is 2. The first kappa shape index (κ1) is 17.5. The number of aliphatic imine (C=N–C) groups is 1. The largest absolute Gasteiger partial charge is 0.361 e. The number of nitrogens with zero attached hydrogens (tertiary/aromatic N) is 3. The zero-order valence-electron chi connectivity index (χ0n) is 14.3. The second-order valence-electron chi connectivity index (χ2n) is 5.21. The van der Waals surface area contributed by atoms with Crippen LogP contribution in [0.15, 0.2) is 15.7 Å². The zero-order valence-corrected chi connectivity index (χ0v) is 15.1. The maximum Gasteiger partial charge on any atom is 0.191 e. The highest BCUT2D eigenvalue weighted by atomic mass is 32.1. The summed E-state index contributed by atoms with van der Waals surface area (Å²) in [7, 11) is 1.78. The van der Waals surface area contributed by atoms with Crippen molar-refractivity contribution < 1.29 is 4.52 Å². The van der Waals surface area contributed by atoms with Crippen molar-refractivity contribution >= 4 is 17.3 Å². The van der Waals surface area contributed by atoms with Gasteiger partial charge in [0.15, 0.2) is 5.96 Å². The molecule has 2 rings (SSSR count). The number of thiazole rings is 1. The number of aromatic nitrogens is 2. The molecule has 0 aliphatic heterocycles. The van der Waals surface area contributed by atoms with Crippen molar-refractivity contribution in [1.29, 1.82) is 0 Å². The third-order valence-electron chi connectivity index (χ3n) is 3.56. The van der Waals surface area contributed by atoms with E-state index < -0.39 is 0 Å². The molecule has 6 nitrogen and oxygen atoms in total. The minimum atomic E-state index is 0.673. The van der Waals surface area contributed by atoms with E-state index in [0.29, 0.717) is 6.54 Å². The Morgan fingerprint density at radius 2 is 2.13 bits per heavy atom. The lowest BCUT2D eigenvalue weighted by atomic mass is 10.1. The highest BCUT2D eigenvalue weighted by Gasteiger charge is 2.13. The van der Waals surface area contributed by atoms with Crippen LogP contribution in [0.25, 0.3) is 0 Å². The van der Waals surface area contributed by atoms with E-state index in [2.05, 4.69) is 46.5 Å². The number of hydrogen-bond acceptors (Lipinski definition) is 5. The van der Waals surface area contributed by atoms with E-state index in [4.69, 9.17) is 4.52 Å². The number of hydrogen-bond donors (Lipinski definition) is 2. The fraction of sp³-hybridized carbons (Fsp3) is 0.562. The predicted molar refractivity (Wildman–Crippen MR) is 94.0 cm³/mol. The highest BCUT2D eigenvalue weighted by Crippen LogP contribution is 2.15. The van der Waals surface area contributed by atoms with E-state index in [-0.39, 0.29) is 0 Å². The van der Waals surface area contributed by atoms with Gasteiger partial charge in [0, 0.05) is 49.6 Å². The molecule has 126 valence electrons. The smallest absolute Gasteiger partial charge is 0.191 e. The first-order chi connectivity index (χ1) is 11.2. The lowest BCUT2D eigenvalue weighted by Crippen LogP contribution is -2.38. The molecule has 2 aromatic rings. The van der Waals surface area contributed by atoms with Crippen LogP contribution in [0.5, 0.6) is 0 Å². The Morgan fingerprint density at radius 3 is 2.74 bits per heavy atom. The van der Waals surface area contributed by atoms with Crippen LogP contribution in [0.4, 0.5) is 0 Å². The van der Waals surface area contributed by atoms with Crippen LogP contribution >= 0.6 is 11.3 Å². The van der Waals surface area contributed by atoms with Gasteiger partial charge in [-0.15, -0.1) is 11.3 Å². The fourth-order valence-corrected chi connectivity index (χ4v) is 3.12.